The minimum Gasteiger partial charge on any atom is -0.330 e. The summed E-state index contributed by atoms with van der Waals surface area (Å²) in [5.41, 5.74) is 6.20. The van der Waals surface area contributed by atoms with Crippen molar-refractivity contribution in [2.75, 3.05) is 31.9 Å². The SMILES string of the molecule is CCC(C)(CN)CN1CCSC(C)(C)CC1. The van der Waals surface area contributed by atoms with Gasteiger partial charge in [-0.05, 0) is 31.3 Å². The minimum absolute atomic E-state index is 0.305. The van der Waals surface area contributed by atoms with E-state index in [4.69, 9.17) is 5.73 Å². The highest BCUT2D eigenvalue weighted by atomic mass is 32.2. The third-order valence-electron chi connectivity index (χ3n) is 3.88. The first kappa shape index (κ1) is 14.3. The third-order valence-corrected chi connectivity index (χ3v) is 5.25. The van der Waals surface area contributed by atoms with Crippen LogP contribution in [-0.4, -0.2) is 41.6 Å². The molecule has 96 valence electrons. The molecule has 2 nitrogen and oxygen atoms in total. The van der Waals surface area contributed by atoms with Crippen LogP contribution in [0.5, 0.6) is 0 Å². The lowest BCUT2D eigenvalue weighted by atomic mass is 9.87. The fourth-order valence-corrected chi connectivity index (χ4v) is 3.22. The molecule has 1 fully saturated rings. The number of rotatable bonds is 4. The van der Waals surface area contributed by atoms with Gasteiger partial charge in [-0.3, -0.25) is 0 Å². The fourth-order valence-electron chi connectivity index (χ4n) is 2.08. The Kier molecular flexibility index (Phi) is 5.14. The number of nitrogens with zero attached hydrogens (tertiary/aromatic N) is 1. The number of nitrogens with two attached hydrogens (primary N) is 1. The van der Waals surface area contributed by atoms with Crippen LogP contribution in [0, 0.1) is 5.41 Å². The first-order valence-electron chi connectivity index (χ1n) is 6.47. The van der Waals surface area contributed by atoms with Crippen molar-refractivity contribution in [1.82, 2.24) is 4.90 Å². The van der Waals surface area contributed by atoms with Crippen LogP contribution in [0.25, 0.3) is 0 Å². The summed E-state index contributed by atoms with van der Waals surface area (Å²) in [6, 6.07) is 0. The Balaban J connectivity index is 2.49. The summed E-state index contributed by atoms with van der Waals surface area (Å²) in [6.45, 7) is 13.7. The number of hydrogen-bond acceptors (Lipinski definition) is 3. The summed E-state index contributed by atoms with van der Waals surface area (Å²) in [7, 11) is 0. The largest absolute Gasteiger partial charge is 0.330 e. The zero-order chi connectivity index (χ0) is 12.2. The molecule has 0 spiro atoms. The normalized spacial score (nSPS) is 26.1. The monoisotopic (exact) mass is 244 g/mol. The fraction of sp³-hybridized carbons (Fsp3) is 1.00. The van der Waals surface area contributed by atoms with Gasteiger partial charge in [0.1, 0.15) is 0 Å². The Labute approximate surface area is 105 Å². The van der Waals surface area contributed by atoms with E-state index in [9.17, 15) is 0 Å². The average Bonchev–Trinajstić information content (AvgIpc) is 2.40. The smallest absolute Gasteiger partial charge is 0.0116 e. The van der Waals surface area contributed by atoms with Crippen molar-refractivity contribution in [3.63, 3.8) is 0 Å². The Morgan fingerprint density at radius 2 is 2.06 bits per heavy atom. The Morgan fingerprint density at radius 1 is 1.38 bits per heavy atom. The van der Waals surface area contributed by atoms with Crippen molar-refractivity contribution in [2.45, 2.75) is 45.3 Å². The van der Waals surface area contributed by atoms with Gasteiger partial charge in [0.05, 0.1) is 0 Å². The predicted molar refractivity (Wildman–Crippen MR) is 75.0 cm³/mol. The zero-order valence-electron chi connectivity index (χ0n) is 11.4. The van der Waals surface area contributed by atoms with E-state index >= 15 is 0 Å². The van der Waals surface area contributed by atoms with Gasteiger partial charge in [0.15, 0.2) is 0 Å². The van der Waals surface area contributed by atoms with Gasteiger partial charge in [-0.2, -0.15) is 11.8 Å². The molecule has 1 unspecified atom stereocenters. The Hall–Kier alpha value is 0.270. The van der Waals surface area contributed by atoms with E-state index in [1.807, 2.05) is 0 Å². The van der Waals surface area contributed by atoms with Crippen LogP contribution in [0.4, 0.5) is 0 Å². The second-order valence-electron chi connectivity index (χ2n) is 6.00. The molecule has 0 radical (unpaired) electrons. The van der Waals surface area contributed by atoms with Crippen LogP contribution >= 0.6 is 11.8 Å². The van der Waals surface area contributed by atoms with Gasteiger partial charge in [-0.25, -0.2) is 0 Å². The molecular weight excluding hydrogens is 216 g/mol. The summed E-state index contributed by atoms with van der Waals surface area (Å²) >= 11 is 2.11. The van der Waals surface area contributed by atoms with Gasteiger partial charge in [-0.15, -0.1) is 0 Å². The van der Waals surface area contributed by atoms with Gasteiger partial charge >= 0.3 is 0 Å². The third kappa shape index (κ3) is 4.27. The molecule has 16 heavy (non-hydrogen) atoms. The molecule has 1 rings (SSSR count). The maximum absolute atomic E-state index is 5.90. The van der Waals surface area contributed by atoms with E-state index in [0.717, 1.165) is 13.1 Å². The highest BCUT2D eigenvalue weighted by molar-refractivity contribution is 8.00. The van der Waals surface area contributed by atoms with E-state index in [2.05, 4.69) is 44.4 Å². The molecular formula is C13H28N2S. The molecule has 2 N–H and O–H groups in total. The van der Waals surface area contributed by atoms with Crippen LogP contribution < -0.4 is 5.73 Å². The topological polar surface area (TPSA) is 29.3 Å². The standard InChI is InChI=1S/C13H28N2S/c1-5-13(4,10-14)11-15-7-6-12(2,3)16-9-8-15/h5-11,14H2,1-4H3. The molecule has 0 aromatic carbocycles. The van der Waals surface area contributed by atoms with Crippen molar-refractivity contribution >= 4 is 11.8 Å². The molecule has 0 aliphatic carbocycles. The molecule has 1 saturated heterocycles. The van der Waals surface area contributed by atoms with E-state index in [-0.39, 0.29) is 0 Å². The van der Waals surface area contributed by atoms with Gasteiger partial charge in [-0.1, -0.05) is 27.7 Å². The van der Waals surface area contributed by atoms with Crippen LogP contribution in [0.15, 0.2) is 0 Å². The molecule has 1 aliphatic heterocycles. The summed E-state index contributed by atoms with van der Waals surface area (Å²) in [5.74, 6) is 1.26. The predicted octanol–water partition coefficient (Wildman–Crippen LogP) is 2.58. The molecule has 0 bridgehead atoms. The highest BCUT2D eigenvalue weighted by Crippen LogP contribution is 2.32. The Morgan fingerprint density at radius 3 is 2.62 bits per heavy atom. The molecule has 1 atom stereocenters. The summed E-state index contributed by atoms with van der Waals surface area (Å²) in [6.07, 6.45) is 2.47. The second-order valence-corrected chi connectivity index (χ2v) is 7.80. The van der Waals surface area contributed by atoms with Gasteiger partial charge in [0.25, 0.3) is 0 Å². The van der Waals surface area contributed by atoms with Gasteiger partial charge < -0.3 is 10.6 Å². The lowest BCUT2D eigenvalue weighted by molar-refractivity contribution is 0.169. The van der Waals surface area contributed by atoms with Crippen LogP contribution in [0.2, 0.25) is 0 Å². The average molecular weight is 244 g/mol. The lowest BCUT2D eigenvalue weighted by Gasteiger charge is -2.33. The second kappa shape index (κ2) is 5.74. The van der Waals surface area contributed by atoms with E-state index in [0.29, 0.717) is 10.2 Å². The van der Waals surface area contributed by atoms with Gasteiger partial charge in [0.2, 0.25) is 0 Å². The maximum atomic E-state index is 5.90. The summed E-state index contributed by atoms with van der Waals surface area (Å²) in [5, 5.41) is 0. The van der Waals surface area contributed by atoms with Gasteiger partial charge in [0, 0.05) is 23.6 Å². The van der Waals surface area contributed by atoms with E-state index in [1.54, 1.807) is 0 Å². The van der Waals surface area contributed by atoms with Crippen LogP contribution in [0.1, 0.15) is 40.5 Å². The lowest BCUT2D eigenvalue weighted by Crippen LogP contribution is -2.41. The first-order chi connectivity index (χ1) is 7.41. The number of hydrogen-bond donors (Lipinski definition) is 1. The molecule has 0 aromatic heterocycles. The summed E-state index contributed by atoms with van der Waals surface area (Å²) in [4.78, 5) is 2.61. The first-order valence-corrected chi connectivity index (χ1v) is 7.46. The summed E-state index contributed by atoms with van der Waals surface area (Å²) < 4.78 is 0.458. The van der Waals surface area contributed by atoms with E-state index < -0.39 is 0 Å². The highest BCUT2D eigenvalue weighted by Gasteiger charge is 2.28. The molecule has 0 saturated carbocycles. The minimum atomic E-state index is 0.305. The zero-order valence-corrected chi connectivity index (χ0v) is 12.2. The molecule has 0 amide bonds. The van der Waals surface area contributed by atoms with Crippen molar-refractivity contribution in [1.29, 1.82) is 0 Å². The van der Waals surface area contributed by atoms with Crippen molar-refractivity contribution in [2.24, 2.45) is 11.1 Å². The van der Waals surface area contributed by atoms with Crippen molar-refractivity contribution < 1.29 is 0 Å². The van der Waals surface area contributed by atoms with Crippen LogP contribution in [-0.2, 0) is 0 Å². The maximum Gasteiger partial charge on any atom is 0.0116 e. The van der Waals surface area contributed by atoms with Crippen LogP contribution in [0.3, 0.4) is 0 Å². The molecule has 0 aromatic rings. The molecule has 1 aliphatic rings. The van der Waals surface area contributed by atoms with Crippen molar-refractivity contribution in [3.8, 4) is 0 Å². The number of thioether (sulfide) groups is 1. The molecule has 3 heteroatoms. The quantitative estimate of drug-likeness (QED) is 0.824. The van der Waals surface area contributed by atoms with Crippen molar-refractivity contribution in [3.05, 3.63) is 0 Å². The molecule has 1 heterocycles. The van der Waals surface area contributed by atoms with E-state index in [1.165, 1.54) is 31.7 Å². The Bertz CT molecular complexity index is 212.